The van der Waals surface area contributed by atoms with Crippen molar-refractivity contribution in [3.63, 3.8) is 0 Å². The van der Waals surface area contributed by atoms with Crippen LogP contribution in [0, 0.1) is 27.2 Å². The molecule has 3 rings (SSSR count). The summed E-state index contributed by atoms with van der Waals surface area (Å²) in [6, 6.07) is 7.14. The van der Waals surface area contributed by atoms with E-state index in [1.54, 1.807) is 25.3 Å². The van der Waals surface area contributed by atoms with E-state index in [0.29, 0.717) is 16.3 Å². The van der Waals surface area contributed by atoms with Gasteiger partial charge in [0.25, 0.3) is 10.2 Å². The highest BCUT2D eigenvalue weighted by atomic mass is 35.5. The van der Waals surface area contributed by atoms with E-state index in [-0.39, 0.29) is 25.2 Å². The molecule has 1 aromatic heterocycles. The number of pyridine rings is 1. The number of nitrogens with zero attached hydrogens (tertiary/aromatic N) is 3. The predicted octanol–water partition coefficient (Wildman–Crippen LogP) is 2.64. The minimum Gasteiger partial charge on any atom is -0.423 e. The Bertz CT molecular complexity index is 1180. The van der Waals surface area contributed by atoms with Crippen LogP contribution in [-0.4, -0.2) is 45.8 Å². The lowest BCUT2D eigenvalue weighted by Gasteiger charge is -2.19. The van der Waals surface area contributed by atoms with Gasteiger partial charge in [0.15, 0.2) is 5.75 Å². The van der Waals surface area contributed by atoms with Gasteiger partial charge in [-0.05, 0) is 38.0 Å². The van der Waals surface area contributed by atoms with E-state index in [4.69, 9.17) is 21.1 Å². The second kappa shape index (κ2) is 12.3. The summed E-state index contributed by atoms with van der Waals surface area (Å²) < 4.78 is 11.4. The van der Waals surface area contributed by atoms with Crippen LogP contribution in [-0.2, 0) is 30.6 Å². The number of rotatable bonds is 12. The van der Waals surface area contributed by atoms with Crippen molar-refractivity contribution >= 4 is 23.5 Å². The van der Waals surface area contributed by atoms with E-state index < -0.39 is 46.9 Å². The molecule has 0 saturated heterocycles. The van der Waals surface area contributed by atoms with E-state index in [0.717, 1.165) is 11.1 Å². The highest BCUT2D eigenvalue weighted by molar-refractivity contribution is 6.30. The molecule has 1 aromatic carbocycles. The van der Waals surface area contributed by atoms with Gasteiger partial charge in [0.1, 0.15) is 24.9 Å². The SMILES string of the molecule is Cc1ncc2c(c1OC(=O)CNC(=O)CC[C@@H](O[N+](=O)[O-])[C@@H](C)O[N+](=O)[O-])CO[C@H]2c1ccc(Cl)cc1. The van der Waals surface area contributed by atoms with E-state index in [9.17, 15) is 29.8 Å². The van der Waals surface area contributed by atoms with Crippen molar-refractivity contribution in [1.82, 2.24) is 10.3 Å². The summed E-state index contributed by atoms with van der Waals surface area (Å²) in [5.74, 6) is -1.19. The number of benzene rings is 1. The summed E-state index contributed by atoms with van der Waals surface area (Å²) in [6.45, 7) is 2.55. The fraction of sp³-hybridized carbons (Fsp3) is 0.409. The van der Waals surface area contributed by atoms with Crippen molar-refractivity contribution in [1.29, 1.82) is 0 Å². The van der Waals surface area contributed by atoms with Gasteiger partial charge in [-0.15, -0.1) is 20.2 Å². The molecule has 0 fully saturated rings. The highest BCUT2D eigenvalue weighted by Crippen LogP contribution is 2.41. The number of aromatic nitrogens is 1. The monoisotopic (exact) mass is 538 g/mol. The zero-order valence-corrected chi connectivity index (χ0v) is 20.5. The summed E-state index contributed by atoms with van der Waals surface area (Å²) in [5.41, 5.74) is 2.71. The van der Waals surface area contributed by atoms with Crippen LogP contribution in [0.4, 0.5) is 0 Å². The van der Waals surface area contributed by atoms with E-state index >= 15 is 0 Å². The number of esters is 1. The van der Waals surface area contributed by atoms with Crippen LogP contribution in [0.15, 0.2) is 30.5 Å². The molecule has 0 saturated carbocycles. The number of carbonyl (C=O) groups excluding carboxylic acids is 2. The normalized spacial score (nSPS) is 15.7. The van der Waals surface area contributed by atoms with Crippen molar-refractivity contribution in [2.75, 3.05) is 6.54 Å². The van der Waals surface area contributed by atoms with E-state index in [1.807, 2.05) is 12.1 Å². The number of amides is 1. The van der Waals surface area contributed by atoms with Crippen LogP contribution < -0.4 is 10.1 Å². The first kappa shape index (κ1) is 27.5. The molecule has 2 heterocycles. The summed E-state index contributed by atoms with van der Waals surface area (Å²) in [5, 5.41) is 21.8. The topological polar surface area (TPSA) is 182 Å². The molecule has 1 amide bonds. The quantitative estimate of drug-likeness (QED) is 0.238. The number of fused-ring (bicyclic) bond motifs is 1. The van der Waals surface area contributed by atoms with E-state index in [2.05, 4.69) is 20.0 Å². The van der Waals surface area contributed by atoms with Crippen molar-refractivity contribution in [2.45, 2.75) is 51.6 Å². The number of nitrogens with one attached hydrogen (secondary N) is 1. The van der Waals surface area contributed by atoms with Gasteiger partial charge in [0.2, 0.25) is 5.91 Å². The number of halogens is 1. The Labute approximate surface area is 215 Å². The van der Waals surface area contributed by atoms with Crippen LogP contribution in [0.1, 0.15) is 48.3 Å². The Balaban J connectivity index is 1.57. The molecule has 1 aliphatic heterocycles. The average molecular weight is 539 g/mol. The standard InChI is InChI=1S/C22H23ClN4O10/c1-12-21(17-11-34-22(16(17)9-24-12)14-3-5-15(23)6-4-14)35-20(29)10-25-19(28)8-7-18(37-27(32)33)13(2)36-26(30)31/h3-6,9,13,18,22H,7-8,10-11H2,1-2H3,(H,25,28)/t13-,18-,22+/m1/s1. The highest BCUT2D eigenvalue weighted by Gasteiger charge is 2.30. The van der Waals surface area contributed by atoms with Crippen molar-refractivity contribution in [3.05, 3.63) is 78.1 Å². The first-order valence-electron chi connectivity index (χ1n) is 11.0. The number of carbonyl (C=O) groups is 2. The maximum absolute atomic E-state index is 12.4. The predicted molar refractivity (Wildman–Crippen MR) is 124 cm³/mol. The Kier molecular flexibility index (Phi) is 9.14. The van der Waals surface area contributed by atoms with Gasteiger partial charge in [-0.2, -0.15) is 0 Å². The third-order valence-electron chi connectivity index (χ3n) is 5.50. The first-order valence-corrected chi connectivity index (χ1v) is 11.4. The molecule has 0 radical (unpaired) electrons. The summed E-state index contributed by atoms with van der Waals surface area (Å²) in [7, 11) is 0. The maximum atomic E-state index is 12.4. The average Bonchev–Trinajstić information content (AvgIpc) is 3.26. The molecule has 15 heteroatoms. The molecule has 1 aliphatic rings. The smallest absolute Gasteiger partial charge is 0.330 e. The zero-order valence-electron chi connectivity index (χ0n) is 19.7. The van der Waals surface area contributed by atoms with Gasteiger partial charge in [-0.25, -0.2) is 4.79 Å². The largest absolute Gasteiger partial charge is 0.423 e. The van der Waals surface area contributed by atoms with Crippen LogP contribution in [0.5, 0.6) is 5.75 Å². The van der Waals surface area contributed by atoms with Gasteiger partial charge < -0.3 is 24.5 Å². The fourth-order valence-electron chi connectivity index (χ4n) is 3.70. The van der Waals surface area contributed by atoms with Crippen LogP contribution in [0.25, 0.3) is 0 Å². The summed E-state index contributed by atoms with van der Waals surface area (Å²) in [6.07, 6.45) is -2.01. The van der Waals surface area contributed by atoms with Crippen LogP contribution in [0.2, 0.25) is 5.02 Å². The minimum atomic E-state index is -1.37. The fourth-order valence-corrected chi connectivity index (χ4v) is 3.83. The molecule has 0 spiro atoms. The lowest BCUT2D eigenvalue weighted by atomic mass is 10.0. The Hall–Kier alpha value is -4.04. The Morgan fingerprint density at radius 1 is 1.22 bits per heavy atom. The molecular weight excluding hydrogens is 516 g/mol. The molecule has 0 bridgehead atoms. The lowest BCUT2D eigenvalue weighted by Crippen LogP contribution is -2.36. The molecular formula is C22H23ClN4O10. The minimum absolute atomic E-state index is 0.184. The molecule has 0 unspecified atom stereocenters. The molecule has 0 aliphatic carbocycles. The third kappa shape index (κ3) is 7.47. The third-order valence-corrected chi connectivity index (χ3v) is 5.75. The second-order valence-corrected chi connectivity index (χ2v) is 8.48. The number of ether oxygens (including phenoxy) is 2. The van der Waals surface area contributed by atoms with Crippen molar-refractivity contribution in [2.24, 2.45) is 0 Å². The number of aryl methyl sites for hydroxylation is 1. The van der Waals surface area contributed by atoms with Gasteiger partial charge in [-0.1, -0.05) is 23.7 Å². The molecule has 3 atom stereocenters. The number of hydrogen-bond donors (Lipinski definition) is 1. The maximum Gasteiger partial charge on any atom is 0.330 e. The van der Waals surface area contributed by atoms with E-state index in [1.165, 1.54) is 6.92 Å². The summed E-state index contributed by atoms with van der Waals surface area (Å²) in [4.78, 5) is 58.6. The lowest BCUT2D eigenvalue weighted by molar-refractivity contribution is -0.798. The molecule has 198 valence electrons. The Morgan fingerprint density at radius 2 is 1.89 bits per heavy atom. The van der Waals surface area contributed by atoms with Gasteiger partial charge in [-0.3, -0.25) is 9.78 Å². The van der Waals surface area contributed by atoms with Crippen molar-refractivity contribution < 1.29 is 38.9 Å². The number of hydrogen-bond acceptors (Lipinski definition) is 11. The molecule has 14 nitrogen and oxygen atoms in total. The Morgan fingerprint density at radius 3 is 2.54 bits per heavy atom. The van der Waals surface area contributed by atoms with Gasteiger partial charge in [0, 0.05) is 28.8 Å². The molecule has 2 aromatic rings. The van der Waals surface area contributed by atoms with Gasteiger partial charge in [0.05, 0.1) is 12.3 Å². The molecule has 37 heavy (non-hydrogen) atoms. The second-order valence-electron chi connectivity index (χ2n) is 8.04. The summed E-state index contributed by atoms with van der Waals surface area (Å²) >= 11 is 5.96. The molecule has 1 N–H and O–H groups in total. The zero-order chi connectivity index (χ0) is 27.1. The van der Waals surface area contributed by atoms with Crippen LogP contribution >= 0.6 is 11.6 Å². The first-order chi connectivity index (χ1) is 17.5. The van der Waals surface area contributed by atoms with Crippen molar-refractivity contribution in [3.8, 4) is 5.75 Å². The van der Waals surface area contributed by atoms with Gasteiger partial charge >= 0.3 is 5.97 Å². The van der Waals surface area contributed by atoms with Crippen LogP contribution in [0.3, 0.4) is 0 Å².